The van der Waals surface area contributed by atoms with Crippen LogP contribution < -0.4 is 0 Å². The number of hydrogen-bond donors (Lipinski definition) is 0. The molecule has 5 nitrogen and oxygen atoms in total. The highest BCUT2D eigenvalue weighted by atomic mass is 32.2. The zero-order valence-corrected chi connectivity index (χ0v) is 10.4. The molecule has 1 unspecified atom stereocenters. The highest BCUT2D eigenvalue weighted by molar-refractivity contribution is 7.91. The fraction of sp³-hybridized carbons (Fsp3) is 0.333. The number of carbonyl (C=O) groups is 1. The maximum Gasteiger partial charge on any atom is 0.160 e. The van der Waals surface area contributed by atoms with E-state index < -0.39 is 15.1 Å². The summed E-state index contributed by atoms with van der Waals surface area (Å²) in [7, 11) is -3.07. The zero-order valence-electron chi connectivity index (χ0n) is 9.61. The third-order valence-corrected chi connectivity index (χ3v) is 5.51. The summed E-state index contributed by atoms with van der Waals surface area (Å²) in [4.78, 5) is 14.9. The molecule has 0 aromatic carbocycles. The van der Waals surface area contributed by atoms with Gasteiger partial charge in [-0.25, -0.2) is 13.4 Å². The molecule has 94 valence electrons. The number of rotatable bonds is 2. The van der Waals surface area contributed by atoms with E-state index >= 15 is 0 Å². The van der Waals surface area contributed by atoms with E-state index in [0.717, 1.165) is 11.8 Å². The number of sulfone groups is 1. The monoisotopic (exact) mass is 264 g/mol. The molecule has 2 aromatic rings. The van der Waals surface area contributed by atoms with E-state index in [-0.39, 0.29) is 5.75 Å². The molecule has 0 amide bonds. The fourth-order valence-corrected chi connectivity index (χ4v) is 4.31. The average Bonchev–Trinajstić information content (AvgIpc) is 2.90. The molecule has 0 aliphatic carbocycles. The third-order valence-electron chi connectivity index (χ3n) is 3.34. The normalized spacial score (nSPS) is 22.3. The number of fused-ring (bicyclic) bond motifs is 1. The minimum Gasteiger partial charge on any atom is -0.303 e. The van der Waals surface area contributed by atoms with E-state index in [1.165, 1.54) is 0 Å². The van der Waals surface area contributed by atoms with Gasteiger partial charge < -0.3 is 4.40 Å². The Balaban J connectivity index is 2.16. The van der Waals surface area contributed by atoms with E-state index in [2.05, 4.69) is 4.98 Å². The lowest BCUT2D eigenvalue weighted by molar-refractivity contribution is 0.112. The lowest BCUT2D eigenvalue weighted by Gasteiger charge is -2.08. The van der Waals surface area contributed by atoms with E-state index in [0.29, 0.717) is 24.2 Å². The smallest absolute Gasteiger partial charge is 0.160 e. The van der Waals surface area contributed by atoms with Gasteiger partial charge in [0.1, 0.15) is 17.4 Å². The van der Waals surface area contributed by atoms with Crippen LogP contribution in [0.15, 0.2) is 24.5 Å². The molecular formula is C12H12N2O3S. The molecule has 3 heterocycles. The van der Waals surface area contributed by atoms with Gasteiger partial charge in [-0.3, -0.25) is 4.79 Å². The van der Waals surface area contributed by atoms with Crippen molar-refractivity contribution >= 4 is 21.6 Å². The van der Waals surface area contributed by atoms with Crippen LogP contribution in [0.4, 0.5) is 0 Å². The van der Waals surface area contributed by atoms with Crippen LogP contribution in [0.3, 0.4) is 0 Å². The first kappa shape index (κ1) is 11.4. The van der Waals surface area contributed by atoms with Gasteiger partial charge in [0.05, 0.1) is 17.5 Å². The van der Waals surface area contributed by atoms with Crippen molar-refractivity contribution in [3.05, 3.63) is 35.9 Å². The average molecular weight is 264 g/mol. The Bertz CT molecular complexity index is 718. The second kappa shape index (κ2) is 3.91. The van der Waals surface area contributed by atoms with Gasteiger partial charge >= 0.3 is 0 Å². The van der Waals surface area contributed by atoms with Crippen molar-refractivity contribution in [1.82, 2.24) is 9.38 Å². The SMILES string of the molecule is O=Cc1ccn2c(C3CCCS3(=O)=O)ncc2c1. The summed E-state index contributed by atoms with van der Waals surface area (Å²) in [6.07, 6.45) is 5.38. The number of imidazole rings is 1. The Morgan fingerprint density at radius 1 is 1.44 bits per heavy atom. The van der Waals surface area contributed by atoms with Crippen LogP contribution in [0.25, 0.3) is 5.52 Å². The Labute approximate surface area is 104 Å². The van der Waals surface area contributed by atoms with Gasteiger partial charge in [-0.2, -0.15) is 0 Å². The van der Waals surface area contributed by atoms with Crippen LogP contribution in [-0.2, 0) is 9.84 Å². The lowest BCUT2D eigenvalue weighted by atomic mass is 10.2. The van der Waals surface area contributed by atoms with Gasteiger partial charge in [-0.15, -0.1) is 0 Å². The van der Waals surface area contributed by atoms with Crippen molar-refractivity contribution in [3.8, 4) is 0 Å². The maximum absolute atomic E-state index is 11.9. The topological polar surface area (TPSA) is 68.5 Å². The molecule has 0 N–H and O–H groups in total. The molecule has 0 saturated carbocycles. The number of hydrogen-bond acceptors (Lipinski definition) is 4. The summed E-state index contributed by atoms with van der Waals surface area (Å²) in [6, 6.07) is 3.36. The second-order valence-corrected chi connectivity index (χ2v) is 6.79. The van der Waals surface area contributed by atoms with Crippen molar-refractivity contribution in [3.63, 3.8) is 0 Å². The quantitative estimate of drug-likeness (QED) is 0.769. The highest BCUT2D eigenvalue weighted by Crippen LogP contribution is 2.34. The number of aldehydes is 1. The van der Waals surface area contributed by atoms with Crippen LogP contribution in [0.1, 0.15) is 34.3 Å². The number of pyridine rings is 1. The van der Waals surface area contributed by atoms with Gasteiger partial charge in [-0.05, 0) is 25.0 Å². The molecule has 1 fully saturated rings. The van der Waals surface area contributed by atoms with E-state index in [4.69, 9.17) is 0 Å². The van der Waals surface area contributed by atoms with Crippen molar-refractivity contribution in [2.24, 2.45) is 0 Å². The number of carbonyl (C=O) groups excluding carboxylic acids is 1. The summed E-state index contributed by atoms with van der Waals surface area (Å²) in [5, 5.41) is -0.512. The molecular weight excluding hydrogens is 252 g/mol. The molecule has 1 aliphatic rings. The number of aromatic nitrogens is 2. The van der Waals surface area contributed by atoms with E-state index in [1.54, 1.807) is 28.9 Å². The molecule has 1 aliphatic heterocycles. The Morgan fingerprint density at radius 2 is 2.28 bits per heavy atom. The van der Waals surface area contributed by atoms with E-state index in [1.807, 2.05) is 0 Å². The lowest BCUT2D eigenvalue weighted by Crippen LogP contribution is -2.11. The summed E-state index contributed by atoms with van der Waals surface area (Å²) < 4.78 is 25.6. The molecule has 0 radical (unpaired) electrons. The van der Waals surface area contributed by atoms with Crippen molar-refractivity contribution in [2.75, 3.05) is 5.75 Å². The summed E-state index contributed by atoms with van der Waals surface area (Å²) in [5.41, 5.74) is 1.31. The van der Waals surface area contributed by atoms with Crippen molar-refractivity contribution < 1.29 is 13.2 Å². The first-order valence-corrected chi connectivity index (χ1v) is 7.47. The van der Waals surface area contributed by atoms with Crippen molar-refractivity contribution in [2.45, 2.75) is 18.1 Å². The number of nitrogens with zero attached hydrogens (tertiary/aromatic N) is 2. The van der Waals surface area contributed by atoms with Crippen LogP contribution in [-0.4, -0.2) is 29.8 Å². The third kappa shape index (κ3) is 1.64. The van der Waals surface area contributed by atoms with Gasteiger partial charge in [0.15, 0.2) is 9.84 Å². The Kier molecular flexibility index (Phi) is 2.48. The molecule has 3 rings (SSSR count). The van der Waals surface area contributed by atoms with Gasteiger partial charge in [0, 0.05) is 11.8 Å². The first-order valence-electron chi connectivity index (χ1n) is 5.75. The molecule has 1 saturated heterocycles. The predicted octanol–water partition coefficient (Wildman–Crippen LogP) is 1.40. The second-order valence-electron chi connectivity index (χ2n) is 4.49. The zero-order chi connectivity index (χ0) is 12.8. The van der Waals surface area contributed by atoms with Gasteiger partial charge in [0.2, 0.25) is 0 Å². The van der Waals surface area contributed by atoms with Crippen molar-refractivity contribution in [1.29, 1.82) is 0 Å². The molecule has 0 spiro atoms. The molecule has 0 bridgehead atoms. The molecule has 18 heavy (non-hydrogen) atoms. The summed E-state index contributed by atoms with van der Waals surface area (Å²) in [5.74, 6) is 0.791. The summed E-state index contributed by atoms with van der Waals surface area (Å²) in [6.45, 7) is 0. The van der Waals surface area contributed by atoms with Crippen LogP contribution >= 0.6 is 0 Å². The molecule has 1 atom stereocenters. The van der Waals surface area contributed by atoms with Crippen LogP contribution in [0, 0.1) is 0 Å². The highest BCUT2D eigenvalue weighted by Gasteiger charge is 2.35. The Morgan fingerprint density at radius 3 is 2.94 bits per heavy atom. The molecule has 2 aromatic heterocycles. The minimum atomic E-state index is -3.07. The fourth-order valence-electron chi connectivity index (χ4n) is 2.43. The largest absolute Gasteiger partial charge is 0.303 e. The first-order chi connectivity index (χ1) is 8.62. The summed E-state index contributed by atoms with van der Waals surface area (Å²) >= 11 is 0. The van der Waals surface area contributed by atoms with E-state index in [9.17, 15) is 13.2 Å². The van der Waals surface area contributed by atoms with Gasteiger partial charge in [0.25, 0.3) is 0 Å². The minimum absolute atomic E-state index is 0.235. The Hall–Kier alpha value is -1.69. The standard InChI is InChI=1S/C12H12N2O3S/c15-8-9-3-4-14-10(6-9)7-13-12(14)11-2-1-5-18(11,16)17/h3-4,6-8,11H,1-2,5H2. The maximum atomic E-state index is 11.9. The predicted molar refractivity (Wildman–Crippen MR) is 66.3 cm³/mol. The van der Waals surface area contributed by atoms with Crippen LogP contribution in [0.2, 0.25) is 0 Å². The van der Waals surface area contributed by atoms with Crippen LogP contribution in [0.5, 0.6) is 0 Å². The van der Waals surface area contributed by atoms with Gasteiger partial charge in [-0.1, -0.05) is 0 Å². The molecule has 6 heteroatoms.